The Balaban J connectivity index is 1.28. The van der Waals surface area contributed by atoms with E-state index in [1.807, 2.05) is 0 Å². The smallest absolute Gasteiger partial charge is 0.0361 e. The molecular formula is C26H40N4. The van der Waals surface area contributed by atoms with Crippen molar-refractivity contribution < 1.29 is 0 Å². The second kappa shape index (κ2) is 11.4. The Labute approximate surface area is 183 Å². The van der Waals surface area contributed by atoms with Crippen LogP contribution < -0.4 is 20.4 Å². The van der Waals surface area contributed by atoms with Crippen LogP contribution in [0, 0.1) is 11.8 Å². The number of rotatable bonds is 10. The van der Waals surface area contributed by atoms with Gasteiger partial charge >= 0.3 is 0 Å². The van der Waals surface area contributed by atoms with E-state index in [2.05, 4.69) is 97.2 Å². The Kier molecular flexibility index (Phi) is 8.59. The highest BCUT2D eigenvalue weighted by Gasteiger charge is 2.20. The number of hydrogen-bond acceptors (Lipinski definition) is 4. The zero-order valence-corrected chi connectivity index (χ0v) is 19.3. The maximum absolute atomic E-state index is 3.68. The molecule has 2 N–H and O–H groups in total. The third-order valence-electron chi connectivity index (χ3n) is 6.40. The highest BCUT2D eigenvalue weighted by atomic mass is 15.1. The summed E-state index contributed by atoms with van der Waals surface area (Å²) in [5, 5.41) is 7.36. The van der Waals surface area contributed by atoms with Crippen molar-refractivity contribution in [1.82, 2.24) is 10.6 Å². The Morgan fingerprint density at radius 2 is 0.933 bits per heavy atom. The summed E-state index contributed by atoms with van der Waals surface area (Å²) in [4.78, 5) is 4.29. The highest BCUT2D eigenvalue weighted by molar-refractivity contribution is 5.46. The van der Waals surface area contributed by atoms with Gasteiger partial charge in [0.1, 0.15) is 0 Å². The molecule has 2 aromatic rings. The Morgan fingerprint density at radius 1 is 0.600 bits per heavy atom. The van der Waals surface area contributed by atoms with Crippen molar-refractivity contribution in [2.45, 2.75) is 38.8 Å². The van der Waals surface area contributed by atoms with Gasteiger partial charge in [0, 0.05) is 52.7 Å². The van der Waals surface area contributed by atoms with E-state index in [1.165, 1.54) is 48.2 Å². The maximum atomic E-state index is 3.68. The molecule has 0 atom stereocenters. The first kappa shape index (κ1) is 22.6. The van der Waals surface area contributed by atoms with Gasteiger partial charge < -0.3 is 20.4 Å². The third kappa shape index (κ3) is 7.03. The zero-order chi connectivity index (χ0) is 21.3. The molecule has 1 fully saturated rings. The Hall–Kier alpha value is -2.04. The molecule has 0 saturated heterocycles. The van der Waals surface area contributed by atoms with E-state index in [4.69, 9.17) is 0 Å². The van der Waals surface area contributed by atoms with Crippen LogP contribution in [0.1, 0.15) is 36.8 Å². The van der Waals surface area contributed by atoms with Gasteiger partial charge in [-0.1, -0.05) is 24.3 Å². The van der Waals surface area contributed by atoms with Gasteiger partial charge in [-0.15, -0.1) is 0 Å². The van der Waals surface area contributed by atoms with Crippen LogP contribution in [0.5, 0.6) is 0 Å². The van der Waals surface area contributed by atoms with Crippen molar-refractivity contribution in [1.29, 1.82) is 0 Å². The Bertz CT molecular complexity index is 663. The van der Waals surface area contributed by atoms with Crippen LogP contribution in [0.3, 0.4) is 0 Å². The summed E-state index contributed by atoms with van der Waals surface area (Å²) >= 11 is 0. The molecule has 1 aliphatic rings. The average Bonchev–Trinajstić information content (AvgIpc) is 2.75. The fourth-order valence-corrected chi connectivity index (χ4v) is 4.30. The largest absolute Gasteiger partial charge is 0.378 e. The topological polar surface area (TPSA) is 30.5 Å². The zero-order valence-electron chi connectivity index (χ0n) is 19.3. The number of nitrogens with one attached hydrogen (secondary N) is 2. The minimum absolute atomic E-state index is 0.834. The second-order valence-electron chi connectivity index (χ2n) is 9.27. The molecule has 1 saturated carbocycles. The fraction of sp³-hybridized carbons (Fsp3) is 0.538. The normalized spacial score (nSPS) is 18.9. The standard InChI is InChI=1S/C26H40N4/c1-29(2)25-13-9-23(10-14-25)19-27-17-21-5-7-22(8-6-21)18-28-20-24-11-15-26(16-12-24)30(3)4/h9-16,21-22,27-28H,5-8,17-20H2,1-4H3. The van der Waals surface area contributed by atoms with E-state index in [0.717, 1.165) is 38.0 Å². The van der Waals surface area contributed by atoms with Crippen LogP contribution in [0.25, 0.3) is 0 Å². The molecule has 0 radical (unpaired) electrons. The lowest BCUT2D eigenvalue weighted by atomic mass is 9.82. The minimum atomic E-state index is 0.834. The van der Waals surface area contributed by atoms with Crippen LogP contribution >= 0.6 is 0 Å². The molecule has 0 aromatic heterocycles. The summed E-state index contributed by atoms with van der Waals surface area (Å²) in [6.07, 6.45) is 5.43. The molecule has 3 rings (SSSR count). The van der Waals surface area contributed by atoms with Crippen LogP contribution in [0.15, 0.2) is 48.5 Å². The lowest BCUT2D eigenvalue weighted by Crippen LogP contribution is -2.30. The maximum Gasteiger partial charge on any atom is 0.0361 e. The summed E-state index contributed by atoms with van der Waals surface area (Å²) in [6.45, 7) is 4.24. The molecule has 0 bridgehead atoms. The lowest BCUT2D eigenvalue weighted by molar-refractivity contribution is 0.261. The second-order valence-corrected chi connectivity index (χ2v) is 9.27. The van der Waals surface area contributed by atoms with E-state index >= 15 is 0 Å². The van der Waals surface area contributed by atoms with Crippen molar-refractivity contribution >= 4 is 11.4 Å². The SMILES string of the molecule is CN(C)c1ccc(CNCC2CCC(CNCc3ccc(N(C)C)cc3)CC2)cc1. The summed E-state index contributed by atoms with van der Waals surface area (Å²) in [7, 11) is 8.34. The van der Waals surface area contributed by atoms with Gasteiger partial charge in [-0.2, -0.15) is 0 Å². The summed E-state index contributed by atoms with van der Waals surface area (Å²) in [6, 6.07) is 17.7. The molecular weight excluding hydrogens is 368 g/mol. The van der Waals surface area contributed by atoms with Crippen molar-refractivity contribution in [3.8, 4) is 0 Å². The number of anilines is 2. The van der Waals surface area contributed by atoms with Gasteiger partial charge in [-0.3, -0.25) is 0 Å². The summed E-state index contributed by atoms with van der Waals surface area (Å²) in [5.74, 6) is 1.67. The van der Waals surface area contributed by atoms with Crippen molar-refractivity contribution in [2.24, 2.45) is 11.8 Å². The van der Waals surface area contributed by atoms with Gasteiger partial charge in [0.2, 0.25) is 0 Å². The van der Waals surface area contributed by atoms with Crippen molar-refractivity contribution in [3.05, 3.63) is 59.7 Å². The Morgan fingerprint density at radius 3 is 1.23 bits per heavy atom. The number of hydrogen-bond donors (Lipinski definition) is 2. The van der Waals surface area contributed by atoms with Crippen LogP contribution in [-0.4, -0.2) is 41.3 Å². The number of benzene rings is 2. The number of nitrogens with zero attached hydrogens (tertiary/aromatic N) is 2. The van der Waals surface area contributed by atoms with Gasteiger partial charge in [-0.25, -0.2) is 0 Å². The molecule has 2 aromatic carbocycles. The van der Waals surface area contributed by atoms with E-state index in [-0.39, 0.29) is 0 Å². The molecule has 0 aliphatic heterocycles. The van der Waals surface area contributed by atoms with Crippen LogP contribution in [-0.2, 0) is 13.1 Å². The van der Waals surface area contributed by atoms with Crippen molar-refractivity contribution in [3.63, 3.8) is 0 Å². The monoisotopic (exact) mass is 408 g/mol. The molecule has 0 spiro atoms. The highest BCUT2D eigenvalue weighted by Crippen LogP contribution is 2.28. The molecule has 0 unspecified atom stereocenters. The third-order valence-corrected chi connectivity index (χ3v) is 6.40. The molecule has 30 heavy (non-hydrogen) atoms. The minimum Gasteiger partial charge on any atom is -0.378 e. The molecule has 4 heteroatoms. The van der Waals surface area contributed by atoms with E-state index in [9.17, 15) is 0 Å². The van der Waals surface area contributed by atoms with E-state index in [1.54, 1.807) is 0 Å². The first-order valence-electron chi connectivity index (χ1n) is 11.4. The fourth-order valence-electron chi connectivity index (χ4n) is 4.30. The quantitative estimate of drug-likeness (QED) is 0.606. The van der Waals surface area contributed by atoms with E-state index in [0.29, 0.717) is 0 Å². The van der Waals surface area contributed by atoms with Gasteiger partial charge in [0.25, 0.3) is 0 Å². The van der Waals surface area contributed by atoms with Crippen LogP contribution in [0.2, 0.25) is 0 Å². The molecule has 164 valence electrons. The predicted octanol–water partition coefficient (Wildman–Crippen LogP) is 4.50. The van der Waals surface area contributed by atoms with Crippen LogP contribution in [0.4, 0.5) is 11.4 Å². The van der Waals surface area contributed by atoms with Gasteiger partial charge in [0.05, 0.1) is 0 Å². The summed E-state index contributed by atoms with van der Waals surface area (Å²) < 4.78 is 0. The molecule has 0 heterocycles. The summed E-state index contributed by atoms with van der Waals surface area (Å²) in [5.41, 5.74) is 5.27. The van der Waals surface area contributed by atoms with E-state index < -0.39 is 0 Å². The van der Waals surface area contributed by atoms with Crippen molar-refractivity contribution in [2.75, 3.05) is 51.1 Å². The first-order chi connectivity index (χ1) is 14.5. The first-order valence-corrected chi connectivity index (χ1v) is 11.4. The predicted molar refractivity (Wildman–Crippen MR) is 130 cm³/mol. The molecule has 1 aliphatic carbocycles. The lowest BCUT2D eigenvalue weighted by Gasteiger charge is -2.29. The average molecular weight is 409 g/mol. The van der Waals surface area contributed by atoms with Gasteiger partial charge in [-0.05, 0) is 86.0 Å². The molecule has 4 nitrogen and oxygen atoms in total. The van der Waals surface area contributed by atoms with Gasteiger partial charge in [0.15, 0.2) is 0 Å². The molecule has 0 amide bonds.